The van der Waals surface area contributed by atoms with E-state index in [4.69, 9.17) is 0 Å². The van der Waals surface area contributed by atoms with E-state index in [9.17, 15) is 0 Å². The van der Waals surface area contributed by atoms with Crippen LogP contribution in [0.2, 0.25) is 0 Å². The Kier molecular flexibility index (Phi) is 21.4. The van der Waals surface area contributed by atoms with E-state index in [0.29, 0.717) is 0 Å². The fourth-order valence-electron chi connectivity index (χ4n) is 4.31. The van der Waals surface area contributed by atoms with Crippen molar-refractivity contribution in [3.05, 3.63) is 119 Å². The molecule has 39 heavy (non-hydrogen) atoms. The molecule has 0 heteroatoms. The number of hydrogen-bond donors (Lipinski definition) is 0. The van der Waals surface area contributed by atoms with Crippen LogP contribution in [-0.4, -0.2) is 0 Å². The molecule has 0 N–H and O–H groups in total. The predicted octanol–water partition coefficient (Wildman–Crippen LogP) is 12.6. The van der Waals surface area contributed by atoms with Crippen LogP contribution in [0.4, 0.5) is 0 Å². The topological polar surface area (TPSA) is 0 Å². The van der Waals surface area contributed by atoms with Crippen LogP contribution in [0.25, 0.3) is 11.1 Å². The first kappa shape index (κ1) is 36.1. The molecular weight excluding hydrogens is 468 g/mol. The molecule has 0 heterocycles. The molecule has 3 rings (SSSR count). The van der Waals surface area contributed by atoms with Gasteiger partial charge in [-0.3, -0.25) is 0 Å². The minimum Gasteiger partial charge on any atom is -0.103 e. The van der Waals surface area contributed by atoms with Crippen molar-refractivity contribution in [3.8, 4) is 11.1 Å². The number of unbranched alkanes of at least 4 members (excludes halogenated alkanes) is 3. The summed E-state index contributed by atoms with van der Waals surface area (Å²) in [5.41, 5.74) is 10.9. The highest BCUT2D eigenvalue weighted by atomic mass is 14.1. The number of aryl methyl sites for hydroxylation is 5. The summed E-state index contributed by atoms with van der Waals surface area (Å²) in [7, 11) is 0. The van der Waals surface area contributed by atoms with E-state index in [1.807, 2.05) is 19.9 Å². The second-order valence-corrected chi connectivity index (χ2v) is 10.3. The highest BCUT2D eigenvalue weighted by Crippen LogP contribution is 2.26. The summed E-state index contributed by atoms with van der Waals surface area (Å²) < 4.78 is 0. The molecular formula is C39H58. The molecule has 0 nitrogen and oxygen atoms in total. The van der Waals surface area contributed by atoms with E-state index < -0.39 is 0 Å². The van der Waals surface area contributed by atoms with Gasteiger partial charge in [0.05, 0.1) is 0 Å². The molecule has 0 fully saturated rings. The number of rotatable bonds is 11. The molecule has 0 amide bonds. The maximum atomic E-state index is 3.75. The van der Waals surface area contributed by atoms with E-state index in [2.05, 4.69) is 121 Å². The van der Waals surface area contributed by atoms with Crippen LogP contribution in [-0.2, 0) is 12.8 Å². The summed E-state index contributed by atoms with van der Waals surface area (Å²) in [4.78, 5) is 0. The maximum Gasteiger partial charge on any atom is -0.0152 e. The van der Waals surface area contributed by atoms with Gasteiger partial charge in [-0.05, 0) is 93.2 Å². The average molecular weight is 527 g/mol. The zero-order chi connectivity index (χ0) is 29.5. The first-order chi connectivity index (χ1) is 18.8. The lowest BCUT2D eigenvalue weighted by Gasteiger charge is -2.09. The van der Waals surface area contributed by atoms with Crippen molar-refractivity contribution >= 4 is 0 Å². The highest BCUT2D eigenvalue weighted by Gasteiger charge is 2.03. The van der Waals surface area contributed by atoms with Gasteiger partial charge in [0.2, 0.25) is 0 Å². The molecule has 0 unspecified atom stereocenters. The first-order valence-corrected chi connectivity index (χ1v) is 15.3. The van der Waals surface area contributed by atoms with Crippen molar-refractivity contribution in [2.24, 2.45) is 0 Å². The molecule has 214 valence electrons. The third-order valence-corrected chi connectivity index (χ3v) is 6.47. The Balaban J connectivity index is 0.000000586. The highest BCUT2D eigenvalue weighted by molar-refractivity contribution is 5.70. The lowest BCUT2D eigenvalue weighted by Crippen LogP contribution is -1.88. The largest absolute Gasteiger partial charge is 0.103 e. The lowest BCUT2D eigenvalue weighted by atomic mass is 9.95. The summed E-state index contributed by atoms with van der Waals surface area (Å²) >= 11 is 0. The van der Waals surface area contributed by atoms with Crippen LogP contribution >= 0.6 is 0 Å². The molecule has 0 bridgehead atoms. The van der Waals surface area contributed by atoms with Crippen molar-refractivity contribution < 1.29 is 0 Å². The van der Waals surface area contributed by atoms with Gasteiger partial charge in [-0.15, -0.1) is 13.2 Å². The van der Waals surface area contributed by atoms with Crippen LogP contribution in [0.15, 0.2) is 91.5 Å². The summed E-state index contributed by atoms with van der Waals surface area (Å²) in [6.07, 6.45) is 13.2. The van der Waals surface area contributed by atoms with Crippen LogP contribution in [0.1, 0.15) is 107 Å². The number of benzene rings is 3. The monoisotopic (exact) mass is 526 g/mol. The summed E-state index contributed by atoms with van der Waals surface area (Å²) in [6, 6.07) is 24.3. The minimum absolute atomic E-state index is 1.08. The van der Waals surface area contributed by atoms with Crippen molar-refractivity contribution in [1.82, 2.24) is 0 Å². The molecule has 0 aromatic heterocycles. The molecule has 0 saturated heterocycles. The Morgan fingerprint density at radius 1 is 0.692 bits per heavy atom. The van der Waals surface area contributed by atoms with Gasteiger partial charge in [-0.1, -0.05) is 137 Å². The Hall–Kier alpha value is -2.86. The number of hydrogen-bond acceptors (Lipinski definition) is 0. The van der Waals surface area contributed by atoms with Gasteiger partial charge in [0.25, 0.3) is 0 Å². The van der Waals surface area contributed by atoms with E-state index in [1.165, 1.54) is 89.5 Å². The molecule has 3 aromatic rings. The smallest absolute Gasteiger partial charge is 0.0152 e. The third-order valence-electron chi connectivity index (χ3n) is 6.47. The summed E-state index contributed by atoms with van der Waals surface area (Å²) in [5, 5.41) is 0. The summed E-state index contributed by atoms with van der Waals surface area (Å²) in [5.74, 6) is 0. The molecule has 0 aliphatic rings. The molecule has 0 radical (unpaired) electrons. The van der Waals surface area contributed by atoms with Crippen LogP contribution in [0, 0.1) is 20.8 Å². The maximum absolute atomic E-state index is 3.75. The quantitative estimate of drug-likeness (QED) is 0.172. The van der Waals surface area contributed by atoms with E-state index >= 15 is 0 Å². The second-order valence-electron chi connectivity index (χ2n) is 10.3. The van der Waals surface area contributed by atoms with Gasteiger partial charge in [0, 0.05) is 0 Å². The molecule has 0 saturated carbocycles. The van der Waals surface area contributed by atoms with Crippen molar-refractivity contribution in [3.63, 3.8) is 0 Å². The van der Waals surface area contributed by atoms with Gasteiger partial charge in [-0.25, -0.2) is 0 Å². The average Bonchev–Trinajstić information content (AvgIpc) is 2.93. The van der Waals surface area contributed by atoms with E-state index in [-0.39, 0.29) is 0 Å². The third kappa shape index (κ3) is 16.7. The normalized spacial score (nSPS) is 9.64. The van der Waals surface area contributed by atoms with Gasteiger partial charge < -0.3 is 0 Å². The van der Waals surface area contributed by atoms with Crippen molar-refractivity contribution in [1.29, 1.82) is 0 Å². The molecule has 0 aliphatic carbocycles. The van der Waals surface area contributed by atoms with E-state index in [0.717, 1.165) is 12.8 Å². The zero-order valence-electron chi connectivity index (χ0n) is 26.7. The van der Waals surface area contributed by atoms with Crippen LogP contribution in [0.3, 0.4) is 0 Å². The Labute approximate surface area is 243 Å². The molecule has 0 atom stereocenters. The fraction of sp³-hybridized carbons (Fsp3) is 0.436. The molecule has 0 spiro atoms. The van der Waals surface area contributed by atoms with Crippen molar-refractivity contribution in [2.75, 3.05) is 0 Å². The van der Waals surface area contributed by atoms with Gasteiger partial charge in [0.1, 0.15) is 0 Å². The zero-order valence-corrected chi connectivity index (χ0v) is 26.7. The van der Waals surface area contributed by atoms with Crippen LogP contribution < -0.4 is 0 Å². The Morgan fingerprint density at radius 2 is 1.28 bits per heavy atom. The van der Waals surface area contributed by atoms with Gasteiger partial charge in [-0.2, -0.15) is 0 Å². The summed E-state index contributed by atoms with van der Waals surface area (Å²) in [6.45, 7) is 24.4. The fourth-order valence-corrected chi connectivity index (χ4v) is 4.31. The minimum atomic E-state index is 1.08. The first-order valence-electron chi connectivity index (χ1n) is 15.3. The molecule has 3 aromatic carbocycles. The lowest BCUT2D eigenvalue weighted by molar-refractivity contribution is 0.667. The SMILES string of the molecule is C=C(C)CCC.C=CCCc1ccc(CCCCCC)cc1.CC.Cc1ccc(-c2ccccc2C)c(C)c1. The molecule has 0 aliphatic heterocycles. The van der Waals surface area contributed by atoms with Gasteiger partial charge in [0.15, 0.2) is 0 Å². The van der Waals surface area contributed by atoms with E-state index in [1.54, 1.807) is 0 Å². The van der Waals surface area contributed by atoms with Gasteiger partial charge >= 0.3 is 0 Å². The number of allylic oxidation sites excluding steroid dienone is 2. The standard InChI is InChI=1S/C16H24.C15H16.C6H12.C2H6/c1-3-5-7-8-10-16-13-11-15(12-14-16)9-6-4-2;1-11-8-9-15(13(3)10-11)14-7-5-4-6-12(14)2;1-4-5-6(2)3;1-2/h4,11-14H,2-3,5-10H2,1H3;4-10H,1-3H3;2,4-5H2,1,3H3;1-2H3. The predicted molar refractivity (Wildman–Crippen MR) is 180 cm³/mol. The Bertz CT molecular complexity index is 1040. The Morgan fingerprint density at radius 3 is 1.77 bits per heavy atom. The van der Waals surface area contributed by atoms with Crippen LogP contribution in [0.5, 0.6) is 0 Å². The second kappa shape index (κ2) is 23.1. The van der Waals surface area contributed by atoms with Crippen molar-refractivity contribution in [2.45, 2.75) is 113 Å².